The van der Waals surface area contributed by atoms with E-state index in [9.17, 15) is 4.79 Å². The lowest BCUT2D eigenvalue weighted by molar-refractivity contribution is -0.115. The number of pyridine rings is 1. The van der Waals surface area contributed by atoms with E-state index in [4.69, 9.17) is 11.6 Å². The number of imidazole rings is 1. The summed E-state index contributed by atoms with van der Waals surface area (Å²) < 4.78 is 1.90. The number of hydrogen-bond acceptors (Lipinski definition) is 2. The third kappa shape index (κ3) is 3.06. The van der Waals surface area contributed by atoms with E-state index in [-0.39, 0.29) is 5.91 Å². The van der Waals surface area contributed by atoms with E-state index in [0.29, 0.717) is 17.1 Å². The minimum atomic E-state index is -0.0777. The first-order valence-corrected chi connectivity index (χ1v) is 6.98. The third-order valence-corrected chi connectivity index (χ3v) is 3.41. The van der Waals surface area contributed by atoms with Crippen LogP contribution >= 0.6 is 11.6 Å². The van der Waals surface area contributed by atoms with Crippen molar-refractivity contribution in [2.45, 2.75) is 13.3 Å². The molecule has 1 N–H and O–H groups in total. The highest BCUT2D eigenvalue weighted by molar-refractivity contribution is 6.30. The minimum absolute atomic E-state index is 0.0777. The fourth-order valence-corrected chi connectivity index (χ4v) is 2.34. The van der Waals surface area contributed by atoms with Gasteiger partial charge in [0.2, 0.25) is 5.91 Å². The Hall–Kier alpha value is -2.33. The standard InChI is InChI=1S/C16H14ClN3O/c1-11-10-20-8-2-3-14(16(20)18-11)19-15(21)9-12-4-6-13(17)7-5-12/h2-8,10H,9H2,1H3,(H,19,21). The van der Waals surface area contributed by atoms with Gasteiger partial charge in [-0.1, -0.05) is 23.7 Å². The Morgan fingerprint density at radius 3 is 2.81 bits per heavy atom. The molecule has 0 aliphatic heterocycles. The average molecular weight is 300 g/mol. The minimum Gasteiger partial charge on any atom is -0.323 e. The van der Waals surface area contributed by atoms with Crippen LogP contribution in [0.2, 0.25) is 5.02 Å². The van der Waals surface area contributed by atoms with Crippen LogP contribution in [0, 0.1) is 6.92 Å². The van der Waals surface area contributed by atoms with Crippen LogP contribution in [0.4, 0.5) is 5.69 Å². The number of hydrogen-bond donors (Lipinski definition) is 1. The Kier molecular flexibility index (Phi) is 3.62. The van der Waals surface area contributed by atoms with E-state index in [1.807, 2.05) is 48.0 Å². The number of carbonyl (C=O) groups is 1. The highest BCUT2D eigenvalue weighted by atomic mass is 35.5. The lowest BCUT2D eigenvalue weighted by atomic mass is 10.1. The van der Waals surface area contributed by atoms with Crippen LogP contribution in [0.3, 0.4) is 0 Å². The van der Waals surface area contributed by atoms with Crippen LogP contribution in [-0.2, 0) is 11.2 Å². The summed E-state index contributed by atoms with van der Waals surface area (Å²) in [6.45, 7) is 1.92. The van der Waals surface area contributed by atoms with Crippen molar-refractivity contribution in [3.8, 4) is 0 Å². The molecule has 0 spiro atoms. The number of fused-ring (bicyclic) bond motifs is 1. The van der Waals surface area contributed by atoms with Crippen molar-refractivity contribution >= 4 is 28.8 Å². The van der Waals surface area contributed by atoms with Crippen LogP contribution in [0.1, 0.15) is 11.3 Å². The molecule has 0 unspecified atom stereocenters. The summed E-state index contributed by atoms with van der Waals surface area (Å²) in [5, 5.41) is 3.57. The van der Waals surface area contributed by atoms with Crippen molar-refractivity contribution in [2.24, 2.45) is 0 Å². The summed E-state index contributed by atoms with van der Waals surface area (Å²) in [5.41, 5.74) is 3.29. The van der Waals surface area contributed by atoms with Gasteiger partial charge in [-0.2, -0.15) is 0 Å². The highest BCUT2D eigenvalue weighted by Gasteiger charge is 2.08. The van der Waals surface area contributed by atoms with Crippen molar-refractivity contribution in [3.63, 3.8) is 0 Å². The molecule has 1 amide bonds. The van der Waals surface area contributed by atoms with Gasteiger partial charge in [0.1, 0.15) is 0 Å². The topological polar surface area (TPSA) is 46.4 Å². The number of aromatic nitrogens is 2. The second-order valence-electron chi connectivity index (χ2n) is 4.89. The summed E-state index contributed by atoms with van der Waals surface area (Å²) in [4.78, 5) is 16.6. The summed E-state index contributed by atoms with van der Waals surface area (Å²) in [5.74, 6) is -0.0777. The number of nitrogens with zero attached hydrogens (tertiary/aromatic N) is 2. The Labute approximate surface area is 127 Å². The molecule has 2 heterocycles. The van der Waals surface area contributed by atoms with Crippen molar-refractivity contribution in [1.29, 1.82) is 0 Å². The van der Waals surface area contributed by atoms with Gasteiger partial charge >= 0.3 is 0 Å². The van der Waals surface area contributed by atoms with E-state index in [0.717, 1.165) is 16.9 Å². The maximum atomic E-state index is 12.1. The monoisotopic (exact) mass is 299 g/mol. The number of benzene rings is 1. The molecule has 0 atom stereocenters. The lowest BCUT2D eigenvalue weighted by Gasteiger charge is -2.06. The van der Waals surface area contributed by atoms with Gasteiger partial charge in [0.05, 0.1) is 17.8 Å². The molecule has 0 fully saturated rings. The number of anilines is 1. The molecule has 106 valence electrons. The maximum absolute atomic E-state index is 12.1. The molecule has 0 radical (unpaired) electrons. The number of halogens is 1. The summed E-state index contributed by atoms with van der Waals surface area (Å²) >= 11 is 5.83. The molecule has 2 aromatic heterocycles. The zero-order valence-corrected chi connectivity index (χ0v) is 12.3. The molecule has 3 rings (SSSR count). The molecule has 1 aromatic carbocycles. The molecule has 0 saturated carbocycles. The van der Waals surface area contributed by atoms with Gasteiger partial charge in [0.15, 0.2) is 5.65 Å². The highest BCUT2D eigenvalue weighted by Crippen LogP contribution is 2.17. The van der Waals surface area contributed by atoms with Crippen molar-refractivity contribution in [3.05, 3.63) is 65.1 Å². The Morgan fingerprint density at radius 1 is 1.29 bits per heavy atom. The van der Waals surface area contributed by atoms with E-state index in [2.05, 4.69) is 10.3 Å². The van der Waals surface area contributed by atoms with Gasteiger partial charge in [0.25, 0.3) is 0 Å². The van der Waals surface area contributed by atoms with Crippen LogP contribution in [-0.4, -0.2) is 15.3 Å². The molecule has 21 heavy (non-hydrogen) atoms. The molecular weight excluding hydrogens is 286 g/mol. The van der Waals surface area contributed by atoms with E-state index in [1.54, 1.807) is 12.1 Å². The Balaban J connectivity index is 1.78. The Morgan fingerprint density at radius 2 is 2.05 bits per heavy atom. The number of carbonyl (C=O) groups excluding carboxylic acids is 1. The van der Waals surface area contributed by atoms with Gasteiger partial charge in [0, 0.05) is 17.4 Å². The number of amides is 1. The first kappa shape index (κ1) is 13.6. The largest absolute Gasteiger partial charge is 0.323 e. The van der Waals surface area contributed by atoms with E-state index in [1.165, 1.54) is 0 Å². The second kappa shape index (κ2) is 5.58. The fourth-order valence-electron chi connectivity index (χ4n) is 2.22. The average Bonchev–Trinajstić information content (AvgIpc) is 2.83. The molecule has 4 nitrogen and oxygen atoms in total. The third-order valence-electron chi connectivity index (χ3n) is 3.16. The van der Waals surface area contributed by atoms with Crippen LogP contribution < -0.4 is 5.32 Å². The van der Waals surface area contributed by atoms with Crippen LogP contribution in [0.5, 0.6) is 0 Å². The molecule has 0 bridgehead atoms. The molecule has 0 aliphatic carbocycles. The summed E-state index contributed by atoms with van der Waals surface area (Å²) in [6, 6.07) is 11.0. The van der Waals surface area contributed by atoms with Crippen LogP contribution in [0.25, 0.3) is 5.65 Å². The zero-order chi connectivity index (χ0) is 14.8. The predicted molar refractivity (Wildman–Crippen MR) is 83.7 cm³/mol. The van der Waals surface area contributed by atoms with Gasteiger partial charge in [-0.25, -0.2) is 4.98 Å². The van der Waals surface area contributed by atoms with Gasteiger partial charge in [-0.05, 0) is 36.8 Å². The maximum Gasteiger partial charge on any atom is 0.228 e. The number of nitrogens with one attached hydrogen (secondary N) is 1. The molecule has 5 heteroatoms. The predicted octanol–water partition coefficient (Wildman–Crippen LogP) is 3.48. The van der Waals surface area contributed by atoms with Crippen molar-refractivity contribution < 1.29 is 4.79 Å². The number of aryl methyl sites for hydroxylation is 1. The molecule has 3 aromatic rings. The zero-order valence-electron chi connectivity index (χ0n) is 11.5. The summed E-state index contributed by atoms with van der Waals surface area (Å²) in [7, 11) is 0. The first-order chi connectivity index (χ1) is 10.1. The molecule has 0 aliphatic rings. The first-order valence-electron chi connectivity index (χ1n) is 6.60. The van der Waals surface area contributed by atoms with Gasteiger partial charge in [-0.15, -0.1) is 0 Å². The second-order valence-corrected chi connectivity index (χ2v) is 5.32. The van der Waals surface area contributed by atoms with Gasteiger partial charge in [-0.3, -0.25) is 4.79 Å². The normalized spacial score (nSPS) is 10.8. The Bertz CT molecular complexity index is 793. The smallest absolute Gasteiger partial charge is 0.228 e. The van der Waals surface area contributed by atoms with E-state index < -0.39 is 0 Å². The molecule has 0 saturated heterocycles. The van der Waals surface area contributed by atoms with Crippen molar-refractivity contribution in [2.75, 3.05) is 5.32 Å². The quantitative estimate of drug-likeness (QED) is 0.805. The van der Waals surface area contributed by atoms with Crippen molar-refractivity contribution in [1.82, 2.24) is 9.38 Å². The van der Waals surface area contributed by atoms with Gasteiger partial charge < -0.3 is 9.72 Å². The molecular formula is C16H14ClN3O. The lowest BCUT2D eigenvalue weighted by Crippen LogP contribution is -2.15. The van der Waals surface area contributed by atoms with Crippen LogP contribution in [0.15, 0.2) is 48.8 Å². The SMILES string of the molecule is Cc1cn2cccc(NC(=O)Cc3ccc(Cl)cc3)c2n1. The van der Waals surface area contributed by atoms with E-state index >= 15 is 0 Å². The number of rotatable bonds is 3. The fraction of sp³-hybridized carbons (Fsp3) is 0.125. The summed E-state index contributed by atoms with van der Waals surface area (Å²) in [6.07, 6.45) is 4.13.